The van der Waals surface area contributed by atoms with Crippen molar-refractivity contribution in [1.29, 1.82) is 0 Å². The van der Waals surface area contributed by atoms with Crippen LogP contribution >= 0.6 is 0 Å². The molecule has 0 fully saturated rings. The van der Waals surface area contributed by atoms with Crippen molar-refractivity contribution in [2.24, 2.45) is 0 Å². The van der Waals surface area contributed by atoms with E-state index >= 15 is 0 Å². The number of methoxy groups -OCH3 is 1. The highest BCUT2D eigenvalue weighted by Crippen LogP contribution is 2.31. The van der Waals surface area contributed by atoms with Crippen LogP contribution in [0.2, 0.25) is 0 Å². The number of nitrogens with one attached hydrogen (secondary N) is 1. The first-order chi connectivity index (χ1) is 15.9. The van der Waals surface area contributed by atoms with E-state index in [-0.39, 0.29) is 22.6 Å². The minimum Gasteiger partial charge on any atom is -0.452 e. The van der Waals surface area contributed by atoms with Gasteiger partial charge in [-0.05, 0) is 56.3 Å². The Balaban J connectivity index is 1.82. The highest BCUT2D eigenvalue weighted by Gasteiger charge is 2.31. The number of Topliss-reactive ketones (excluding diaryl/α,β-unsaturated/α-hetero) is 1. The van der Waals surface area contributed by atoms with Gasteiger partial charge in [-0.15, -0.1) is 0 Å². The van der Waals surface area contributed by atoms with Crippen molar-refractivity contribution in [1.82, 2.24) is 9.78 Å². The molecule has 178 valence electrons. The van der Waals surface area contributed by atoms with Crippen LogP contribution in [0.3, 0.4) is 0 Å². The molecule has 0 aliphatic carbocycles. The number of anilines is 2. The summed E-state index contributed by atoms with van der Waals surface area (Å²) >= 11 is 0. The van der Waals surface area contributed by atoms with E-state index in [0.29, 0.717) is 11.4 Å². The molecule has 0 saturated heterocycles. The molecule has 1 heterocycles. The first-order valence-electron chi connectivity index (χ1n) is 9.95. The van der Waals surface area contributed by atoms with Gasteiger partial charge in [0.1, 0.15) is 0 Å². The van der Waals surface area contributed by atoms with E-state index in [0.717, 1.165) is 12.1 Å². The van der Waals surface area contributed by atoms with Crippen molar-refractivity contribution in [2.45, 2.75) is 20.0 Å². The molecule has 0 spiro atoms. The fourth-order valence-electron chi connectivity index (χ4n) is 3.35. The summed E-state index contributed by atoms with van der Waals surface area (Å²) in [7, 11) is 2.76. The van der Waals surface area contributed by atoms with Crippen LogP contribution in [-0.2, 0) is 15.7 Å². The standard InChI is InChI=1S/C23H21F3N4O4/c1-13-19(14(2)30(28-13)18-7-5-6-15(12-18)23(24,25)26)20(31)21(32)27-16-8-10-17(11-9-16)29(3)22(33)34-4/h5-12H,1-4H3,(H,27,32). The number of nitrogens with zero attached hydrogens (tertiary/aromatic N) is 3. The summed E-state index contributed by atoms with van der Waals surface area (Å²) in [6.07, 6.45) is -5.11. The van der Waals surface area contributed by atoms with Gasteiger partial charge in [0, 0.05) is 18.4 Å². The van der Waals surface area contributed by atoms with E-state index in [4.69, 9.17) is 0 Å². The van der Waals surface area contributed by atoms with Crippen molar-refractivity contribution < 1.29 is 32.3 Å². The maximum atomic E-state index is 13.1. The lowest BCUT2D eigenvalue weighted by Gasteiger charge is -2.15. The molecule has 2 aromatic carbocycles. The number of alkyl halides is 3. The topological polar surface area (TPSA) is 93.5 Å². The second-order valence-electron chi connectivity index (χ2n) is 7.36. The van der Waals surface area contributed by atoms with Crippen LogP contribution in [-0.4, -0.2) is 41.7 Å². The van der Waals surface area contributed by atoms with Gasteiger partial charge in [-0.2, -0.15) is 18.3 Å². The lowest BCUT2D eigenvalue weighted by atomic mass is 10.1. The molecular weight excluding hydrogens is 453 g/mol. The number of amides is 2. The second-order valence-corrected chi connectivity index (χ2v) is 7.36. The average molecular weight is 474 g/mol. The number of aryl methyl sites for hydroxylation is 1. The molecule has 3 rings (SSSR count). The number of carbonyl (C=O) groups is 3. The molecule has 0 unspecified atom stereocenters. The zero-order valence-electron chi connectivity index (χ0n) is 18.7. The minimum atomic E-state index is -4.54. The summed E-state index contributed by atoms with van der Waals surface area (Å²) in [5, 5.41) is 6.64. The fraction of sp³-hybridized carbons (Fsp3) is 0.217. The molecule has 34 heavy (non-hydrogen) atoms. The molecule has 0 atom stereocenters. The molecule has 1 N–H and O–H groups in total. The Labute approximate surface area is 192 Å². The highest BCUT2D eigenvalue weighted by molar-refractivity contribution is 6.47. The maximum absolute atomic E-state index is 13.1. The van der Waals surface area contributed by atoms with Crippen molar-refractivity contribution >= 4 is 29.2 Å². The van der Waals surface area contributed by atoms with Gasteiger partial charge in [0.25, 0.3) is 11.7 Å². The number of ketones is 1. The molecule has 3 aromatic rings. The summed E-state index contributed by atoms with van der Waals surface area (Å²) in [5.74, 6) is -1.83. The molecule has 0 aliphatic rings. The number of hydrogen-bond donors (Lipinski definition) is 1. The van der Waals surface area contributed by atoms with Crippen LogP contribution in [0.25, 0.3) is 5.69 Å². The van der Waals surface area contributed by atoms with Crippen LogP contribution in [0.15, 0.2) is 48.5 Å². The number of halogens is 3. The number of hydrogen-bond acceptors (Lipinski definition) is 5. The molecule has 0 aliphatic heterocycles. The summed E-state index contributed by atoms with van der Waals surface area (Å²) in [6, 6.07) is 10.6. The molecule has 11 heteroatoms. The van der Waals surface area contributed by atoms with Gasteiger partial charge in [0.05, 0.1) is 35.3 Å². The van der Waals surface area contributed by atoms with Gasteiger partial charge in [-0.3, -0.25) is 14.5 Å². The SMILES string of the molecule is COC(=O)N(C)c1ccc(NC(=O)C(=O)c2c(C)nn(-c3cccc(C(F)(F)F)c3)c2C)cc1. The maximum Gasteiger partial charge on any atom is 0.416 e. The number of ether oxygens (including phenoxy) is 1. The van der Waals surface area contributed by atoms with Crippen molar-refractivity contribution in [3.63, 3.8) is 0 Å². The first kappa shape index (κ1) is 24.5. The Morgan fingerprint density at radius 2 is 1.71 bits per heavy atom. The summed E-state index contributed by atoms with van der Waals surface area (Å²) < 4.78 is 45.0. The van der Waals surface area contributed by atoms with Gasteiger partial charge in [0.2, 0.25) is 0 Å². The van der Waals surface area contributed by atoms with Crippen molar-refractivity contribution in [2.75, 3.05) is 24.4 Å². The van der Waals surface area contributed by atoms with Crippen LogP contribution in [0.5, 0.6) is 0 Å². The summed E-state index contributed by atoms with van der Waals surface area (Å²) in [6.45, 7) is 2.99. The molecule has 0 radical (unpaired) electrons. The van der Waals surface area contributed by atoms with Crippen molar-refractivity contribution in [3.05, 3.63) is 71.0 Å². The van der Waals surface area contributed by atoms with E-state index in [1.54, 1.807) is 12.1 Å². The highest BCUT2D eigenvalue weighted by atomic mass is 19.4. The lowest BCUT2D eigenvalue weighted by Crippen LogP contribution is -2.26. The van der Waals surface area contributed by atoms with Crippen molar-refractivity contribution in [3.8, 4) is 5.69 Å². The Bertz CT molecular complexity index is 1250. The lowest BCUT2D eigenvalue weighted by molar-refractivity contribution is -0.137. The minimum absolute atomic E-state index is 0.00282. The third-order valence-electron chi connectivity index (χ3n) is 5.10. The number of carbonyl (C=O) groups excluding carboxylic acids is 3. The van der Waals surface area contributed by atoms with Gasteiger partial charge in [-0.25, -0.2) is 9.48 Å². The molecule has 0 bridgehead atoms. The number of benzene rings is 2. The van der Waals surface area contributed by atoms with Gasteiger partial charge >= 0.3 is 12.3 Å². The molecular formula is C23H21F3N4O4. The zero-order valence-corrected chi connectivity index (χ0v) is 18.7. The fourth-order valence-corrected chi connectivity index (χ4v) is 3.35. The second kappa shape index (κ2) is 9.38. The average Bonchev–Trinajstić information content (AvgIpc) is 3.11. The van der Waals surface area contributed by atoms with Gasteiger partial charge in [0.15, 0.2) is 0 Å². The predicted octanol–water partition coefficient (Wildman–Crippen LogP) is 4.53. The van der Waals surface area contributed by atoms with E-state index in [1.165, 1.54) is 61.9 Å². The Morgan fingerprint density at radius 3 is 2.29 bits per heavy atom. The van der Waals surface area contributed by atoms with E-state index in [2.05, 4.69) is 15.2 Å². The van der Waals surface area contributed by atoms with Crippen LogP contribution < -0.4 is 10.2 Å². The van der Waals surface area contributed by atoms with E-state index in [1.807, 2.05) is 0 Å². The van der Waals surface area contributed by atoms with Gasteiger partial charge in [-0.1, -0.05) is 6.07 Å². The molecule has 8 nitrogen and oxygen atoms in total. The van der Waals surface area contributed by atoms with Crippen LogP contribution in [0, 0.1) is 13.8 Å². The van der Waals surface area contributed by atoms with Gasteiger partial charge < -0.3 is 10.1 Å². The zero-order chi connectivity index (χ0) is 25.2. The molecule has 1 aromatic heterocycles. The Kier molecular flexibility index (Phi) is 6.75. The third-order valence-corrected chi connectivity index (χ3v) is 5.10. The predicted molar refractivity (Wildman–Crippen MR) is 118 cm³/mol. The smallest absolute Gasteiger partial charge is 0.416 e. The normalized spacial score (nSPS) is 11.1. The number of rotatable bonds is 5. The third kappa shape index (κ3) is 4.92. The van der Waals surface area contributed by atoms with E-state index < -0.39 is 29.5 Å². The number of aromatic nitrogens is 2. The largest absolute Gasteiger partial charge is 0.452 e. The summed E-state index contributed by atoms with van der Waals surface area (Å²) in [5.41, 5.74) is 0.491. The molecule has 0 saturated carbocycles. The van der Waals surface area contributed by atoms with Crippen LogP contribution in [0.1, 0.15) is 27.3 Å². The quantitative estimate of drug-likeness (QED) is 0.433. The summed E-state index contributed by atoms with van der Waals surface area (Å²) in [4.78, 5) is 38.3. The monoisotopic (exact) mass is 474 g/mol. The van der Waals surface area contributed by atoms with Crippen LogP contribution in [0.4, 0.5) is 29.3 Å². The molecule has 2 amide bonds. The first-order valence-corrected chi connectivity index (χ1v) is 9.95. The Morgan fingerprint density at radius 1 is 1.06 bits per heavy atom. The van der Waals surface area contributed by atoms with E-state index in [9.17, 15) is 27.6 Å². The Hall–Kier alpha value is -4.15.